The van der Waals surface area contributed by atoms with Gasteiger partial charge in [0, 0.05) is 19.1 Å². The summed E-state index contributed by atoms with van der Waals surface area (Å²) in [6, 6.07) is 7.53. The SMILES string of the molecule is COc1ccc2c(c1)[C@@H]1C[C@H](C2)N(CC2CC2)C[C@H]1C. The summed E-state index contributed by atoms with van der Waals surface area (Å²) < 4.78 is 5.42. The van der Waals surface area contributed by atoms with Gasteiger partial charge in [-0.15, -0.1) is 0 Å². The van der Waals surface area contributed by atoms with Gasteiger partial charge in [-0.2, -0.15) is 0 Å². The number of ether oxygens (including phenoxy) is 1. The molecule has 3 aliphatic rings. The largest absolute Gasteiger partial charge is 0.497 e. The Morgan fingerprint density at radius 2 is 2.15 bits per heavy atom. The van der Waals surface area contributed by atoms with Gasteiger partial charge in [0.05, 0.1) is 7.11 Å². The zero-order valence-corrected chi connectivity index (χ0v) is 12.6. The van der Waals surface area contributed by atoms with Crippen molar-refractivity contribution in [1.29, 1.82) is 0 Å². The van der Waals surface area contributed by atoms with Gasteiger partial charge in [0.1, 0.15) is 5.75 Å². The van der Waals surface area contributed by atoms with Crippen LogP contribution in [0, 0.1) is 11.8 Å². The first-order valence-corrected chi connectivity index (χ1v) is 8.15. The molecule has 0 radical (unpaired) electrons. The van der Waals surface area contributed by atoms with Crippen molar-refractivity contribution in [1.82, 2.24) is 4.90 Å². The van der Waals surface area contributed by atoms with E-state index in [1.54, 1.807) is 18.2 Å². The second kappa shape index (κ2) is 4.77. The Balaban J connectivity index is 1.63. The molecule has 1 saturated heterocycles. The summed E-state index contributed by atoms with van der Waals surface area (Å²) in [5.41, 5.74) is 3.14. The van der Waals surface area contributed by atoms with Gasteiger partial charge in [0.15, 0.2) is 0 Å². The molecule has 4 rings (SSSR count). The van der Waals surface area contributed by atoms with Gasteiger partial charge in [-0.1, -0.05) is 13.0 Å². The lowest BCUT2D eigenvalue weighted by molar-refractivity contribution is 0.0823. The van der Waals surface area contributed by atoms with Crippen molar-refractivity contribution in [3.8, 4) is 5.75 Å². The fraction of sp³-hybridized carbons (Fsp3) is 0.667. The fourth-order valence-electron chi connectivity index (χ4n) is 4.31. The van der Waals surface area contributed by atoms with Gasteiger partial charge in [0.25, 0.3) is 0 Å². The third-order valence-electron chi connectivity index (χ3n) is 5.65. The van der Waals surface area contributed by atoms with E-state index in [9.17, 15) is 0 Å². The molecule has 0 aromatic heterocycles. The summed E-state index contributed by atoms with van der Waals surface area (Å²) >= 11 is 0. The zero-order valence-electron chi connectivity index (χ0n) is 12.6. The smallest absolute Gasteiger partial charge is 0.119 e. The van der Waals surface area contributed by atoms with Gasteiger partial charge < -0.3 is 4.74 Å². The van der Waals surface area contributed by atoms with Gasteiger partial charge in [-0.05, 0) is 66.7 Å². The lowest BCUT2D eigenvalue weighted by Crippen LogP contribution is -2.50. The molecule has 1 heterocycles. The van der Waals surface area contributed by atoms with Crippen LogP contribution in [0.2, 0.25) is 0 Å². The molecule has 1 saturated carbocycles. The second-order valence-corrected chi connectivity index (χ2v) is 7.14. The van der Waals surface area contributed by atoms with Crippen LogP contribution < -0.4 is 4.74 Å². The van der Waals surface area contributed by atoms with E-state index in [2.05, 4.69) is 30.0 Å². The number of nitrogens with zero attached hydrogens (tertiary/aromatic N) is 1. The molecule has 0 spiro atoms. The van der Waals surface area contributed by atoms with Crippen LogP contribution in [0.15, 0.2) is 18.2 Å². The maximum absolute atomic E-state index is 5.42. The number of hydrogen-bond donors (Lipinski definition) is 0. The minimum absolute atomic E-state index is 0.745. The Morgan fingerprint density at radius 3 is 2.90 bits per heavy atom. The summed E-state index contributed by atoms with van der Waals surface area (Å²) in [5, 5.41) is 0. The van der Waals surface area contributed by atoms with Crippen LogP contribution in [-0.2, 0) is 6.42 Å². The van der Waals surface area contributed by atoms with Gasteiger partial charge in [0.2, 0.25) is 0 Å². The lowest BCUT2D eigenvalue weighted by atomic mass is 9.70. The van der Waals surface area contributed by atoms with E-state index in [4.69, 9.17) is 4.74 Å². The third kappa shape index (κ3) is 2.14. The summed E-state index contributed by atoms with van der Waals surface area (Å²) in [6.45, 7) is 5.09. The number of fused-ring (bicyclic) bond motifs is 4. The molecule has 2 fully saturated rings. The Kier molecular flexibility index (Phi) is 3.03. The van der Waals surface area contributed by atoms with Crippen molar-refractivity contribution in [2.24, 2.45) is 11.8 Å². The molecule has 3 atom stereocenters. The van der Waals surface area contributed by atoms with Crippen LogP contribution in [0.3, 0.4) is 0 Å². The predicted molar refractivity (Wildman–Crippen MR) is 81.3 cm³/mol. The number of likely N-dealkylation sites (tertiary alicyclic amines) is 1. The molecule has 2 heteroatoms. The van der Waals surface area contributed by atoms with Crippen molar-refractivity contribution in [3.63, 3.8) is 0 Å². The first kappa shape index (κ1) is 12.7. The highest BCUT2D eigenvalue weighted by atomic mass is 16.5. The monoisotopic (exact) mass is 271 g/mol. The van der Waals surface area contributed by atoms with E-state index in [1.807, 2.05) is 0 Å². The summed E-state index contributed by atoms with van der Waals surface area (Å²) in [4.78, 5) is 2.80. The first-order valence-electron chi connectivity index (χ1n) is 8.15. The van der Waals surface area contributed by atoms with Gasteiger partial charge in [-0.3, -0.25) is 4.90 Å². The second-order valence-electron chi connectivity index (χ2n) is 7.14. The highest BCUT2D eigenvalue weighted by Crippen LogP contribution is 2.45. The third-order valence-corrected chi connectivity index (χ3v) is 5.65. The molecule has 1 aromatic rings. The van der Waals surface area contributed by atoms with Crippen molar-refractivity contribution >= 4 is 0 Å². The van der Waals surface area contributed by atoms with Crippen LogP contribution in [0.4, 0.5) is 0 Å². The van der Waals surface area contributed by atoms with E-state index >= 15 is 0 Å². The van der Waals surface area contributed by atoms with Crippen LogP contribution in [0.25, 0.3) is 0 Å². The Bertz CT molecular complexity index is 508. The predicted octanol–water partition coefficient (Wildman–Crippen LogP) is 3.46. The highest BCUT2D eigenvalue weighted by Gasteiger charge is 2.40. The molecule has 0 N–H and O–H groups in total. The molecule has 108 valence electrons. The average Bonchev–Trinajstić information content (AvgIpc) is 3.27. The summed E-state index contributed by atoms with van der Waals surface area (Å²) in [7, 11) is 1.77. The van der Waals surface area contributed by atoms with E-state index in [-0.39, 0.29) is 0 Å². The van der Waals surface area contributed by atoms with Gasteiger partial charge in [-0.25, -0.2) is 0 Å². The minimum atomic E-state index is 0.745. The number of methoxy groups -OCH3 is 1. The van der Waals surface area contributed by atoms with Crippen LogP contribution in [-0.4, -0.2) is 31.1 Å². The Hall–Kier alpha value is -1.02. The molecule has 2 bridgehead atoms. The normalized spacial score (nSPS) is 32.8. The van der Waals surface area contributed by atoms with Crippen LogP contribution >= 0.6 is 0 Å². The van der Waals surface area contributed by atoms with E-state index < -0.39 is 0 Å². The first-order chi connectivity index (χ1) is 9.74. The Morgan fingerprint density at radius 1 is 1.30 bits per heavy atom. The molecule has 0 unspecified atom stereocenters. The fourth-order valence-corrected chi connectivity index (χ4v) is 4.31. The number of hydrogen-bond acceptors (Lipinski definition) is 2. The van der Waals surface area contributed by atoms with Gasteiger partial charge >= 0.3 is 0 Å². The van der Waals surface area contributed by atoms with E-state index in [1.165, 1.54) is 38.8 Å². The molecule has 2 nitrogen and oxygen atoms in total. The van der Waals surface area contributed by atoms with Crippen LogP contribution in [0.1, 0.15) is 43.2 Å². The van der Waals surface area contributed by atoms with Crippen molar-refractivity contribution in [2.45, 2.75) is 44.6 Å². The minimum Gasteiger partial charge on any atom is -0.497 e. The maximum atomic E-state index is 5.42. The quantitative estimate of drug-likeness (QED) is 0.835. The summed E-state index contributed by atoms with van der Waals surface area (Å²) in [5.74, 6) is 3.55. The average molecular weight is 271 g/mol. The summed E-state index contributed by atoms with van der Waals surface area (Å²) in [6.07, 6.45) is 5.53. The van der Waals surface area contributed by atoms with Crippen LogP contribution in [0.5, 0.6) is 5.75 Å². The van der Waals surface area contributed by atoms with Crippen molar-refractivity contribution in [2.75, 3.05) is 20.2 Å². The molecule has 2 aliphatic carbocycles. The number of rotatable bonds is 3. The molecular weight excluding hydrogens is 246 g/mol. The number of piperidine rings is 1. The Labute approximate surface area is 122 Å². The molecule has 1 aliphatic heterocycles. The topological polar surface area (TPSA) is 12.5 Å². The zero-order chi connectivity index (χ0) is 13.7. The molecule has 0 amide bonds. The lowest BCUT2D eigenvalue weighted by Gasteiger charge is -2.47. The van der Waals surface area contributed by atoms with Crippen molar-refractivity contribution < 1.29 is 4.74 Å². The maximum Gasteiger partial charge on any atom is 0.119 e. The molecular formula is C18H25NO. The van der Waals surface area contributed by atoms with Crippen molar-refractivity contribution in [3.05, 3.63) is 29.3 Å². The highest BCUT2D eigenvalue weighted by molar-refractivity contribution is 5.41. The standard InChI is InChI=1S/C18H25NO/c1-12-10-19(11-13-3-4-13)15-7-14-5-6-16(20-2)9-18(14)17(12)8-15/h5-6,9,12-13,15,17H,3-4,7-8,10-11H2,1-2H3/t12-,15+,17-/m1/s1. The molecule has 20 heavy (non-hydrogen) atoms. The van der Waals surface area contributed by atoms with E-state index in [0.717, 1.165) is 29.5 Å². The van der Waals surface area contributed by atoms with E-state index in [0.29, 0.717) is 0 Å². The molecule has 1 aromatic carbocycles. The number of benzene rings is 1.